The number of benzene rings is 1. The lowest BCUT2D eigenvalue weighted by Gasteiger charge is -2.42. The zero-order valence-corrected chi connectivity index (χ0v) is 21.1. The van der Waals surface area contributed by atoms with Crippen LogP contribution < -0.4 is 10.2 Å². The first-order valence-corrected chi connectivity index (χ1v) is 12.4. The fourth-order valence-corrected chi connectivity index (χ4v) is 5.27. The van der Waals surface area contributed by atoms with Crippen LogP contribution in [-0.4, -0.2) is 32.2 Å². The first kappa shape index (κ1) is 25.7. The Morgan fingerprint density at radius 3 is 2.39 bits per heavy atom. The van der Waals surface area contributed by atoms with E-state index in [0.717, 1.165) is 30.8 Å². The van der Waals surface area contributed by atoms with Crippen molar-refractivity contribution in [2.75, 3.05) is 23.9 Å². The standard InChI is InChI=1S/C27H46N2O2/c1-8-10-23(29(7)26-18-21(4)20(3)17-25(26)28-19-30)12-11-22(5)27(6)15-13-24(14-16-27)31-9-2/h17-19,22-24H,8-16H2,1-7H3,(H,28,30). The summed E-state index contributed by atoms with van der Waals surface area (Å²) < 4.78 is 5.88. The molecular formula is C27H46N2O2. The van der Waals surface area contributed by atoms with Crippen molar-refractivity contribution in [1.29, 1.82) is 0 Å². The molecule has 2 rings (SSSR count). The van der Waals surface area contributed by atoms with Crippen molar-refractivity contribution >= 4 is 17.8 Å². The summed E-state index contributed by atoms with van der Waals surface area (Å²) in [7, 11) is 2.19. The van der Waals surface area contributed by atoms with Gasteiger partial charge >= 0.3 is 0 Å². The molecule has 1 saturated carbocycles. The molecule has 0 spiro atoms. The topological polar surface area (TPSA) is 41.6 Å². The van der Waals surface area contributed by atoms with Crippen LogP contribution in [0.4, 0.5) is 11.4 Å². The molecule has 0 radical (unpaired) electrons. The van der Waals surface area contributed by atoms with Crippen LogP contribution in [0.5, 0.6) is 0 Å². The summed E-state index contributed by atoms with van der Waals surface area (Å²) in [5.74, 6) is 0.704. The highest BCUT2D eigenvalue weighted by Crippen LogP contribution is 2.45. The van der Waals surface area contributed by atoms with E-state index in [2.05, 4.69) is 70.9 Å². The molecule has 4 heteroatoms. The van der Waals surface area contributed by atoms with E-state index in [1.54, 1.807) is 0 Å². The monoisotopic (exact) mass is 430 g/mol. The smallest absolute Gasteiger partial charge is 0.211 e. The minimum Gasteiger partial charge on any atom is -0.379 e. The maximum absolute atomic E-state index is 11.2. The van der Waals surface area contributed by atoms with Gasteiger partial charge in [0.15, 0.2) is 0 Å². The van der Waals surface area contributed by atoms with E-state index < -0.39 is 0 Å². The van der Waals surface area contributed by atoms with Crippen LogP contribution in [0.1, 0.15) is 90.2 Å². The average molecular weight is 431 g/mol. The predicted octanol–water partition coefficient (Wildman–Crippen LogP) is 6.88. The number of nitrogens with zero attached hydrogens (tertiary/aromatic N) is 1. The third-order valence-electron chi connectivity index (χ3n) is 7.98. The van der Waals surface area contributed by atoms with Crippen LogP contribution in [0.15, 0.2) is 12.1 Å². The Labute approximate surface area is 191 Å². The van der Waals surface area contributed by atoms with E-state index in [9.17, 15) is 4.79 Å². The van der Waals surface area contributed by atoms with Gasteiger partial charge < -0.3 is 15.0 Å². The summed E-state index contributed by atoms with van der Waals surface area (Å²) in [6, 6.07) is 4.80. The average Bonchev–Trinajstić information content (AvgIpc) is 2.75. The number of nitrogens with one attached hydrogen (secondary N) is 1. The van der Waals surface area contributed by atoms with E-state index in [-0.39, 0.29) is 0 Å². The van der Waals surface area contributed by atoms with Gasteiger partial charge in [-0.15, -0.1) is 0 Å². The lowest BCUT2D eigenvalue weighted by Crippen LogP contribution is -2.36. The molecule has 1 fully saturated rings. The lowest BCUT2D eigenvalue weighted by molar-refractivity contribution is -0.105. The molecule has 1 aromatic rings. The number of carbonyl (C=O) groups excluding carboxylic acids is 1. The molecule has 1 aliphatic carbocycles. The van der Waals surface area contributed by atoms with Gasteiger partial charge in [-0.1, -0.05) is 27.2 Å². The molecule has 0 heterocycles. The molecule has 2 unspecified atom stereocenters. The van der Waals surface area contributed by atoms with E-state index >= 15 is 0 Å². The largest absolute Gasteiger partial charge is 0.379 e. The van der Waals surface area contributed by atoms with Crippen LogP contribution in [0.25, 0.3) is 0 Å². The minimum atomic E-state index is 0.424. The molecule has 4 nitrogen and oxygen atoms in total. The second-order valence-electron chi connectivity index (χ2n) is 10.1. The van der Waals surface area contributed by atoms with Crippen molar-refractivity contribution in [2.24, 2.45) is 11.3 Å². The lowest BCUT2D eigenvalue weighted by atomic mass is 9.66. The molecule has 0 aliphatic heterocycles. The van der Waals surface area contributed by atoms with Gasteiger partial charge in [0.2, 0.25) is 6.41 Å². The third-order valence-corrected chi connectivity index (χ3v) is 7.98. The van der Waals surface area contributed by atoms with Crippen molar-refractivity contribution in [2.45, 2.75) is 105 Å². The fourth-order valence-electron chi connectivity index (χ4n) is 5.27. The quantitative estimate of drug-likeness (QED) is 0.368. The fraction of sp³-hybridized carbons (Fsp3) is 0.741. The first-order valence-electron chi connectivity index (χ1n) is 12.4. The summed E-state index contributed by atoms with van der Waals surface area (Å²) in [5, 5.41) is 2.93. The van der Waals surface area contributed by atoms with Gasteiger partial charge in [-0.3, -0.25) is 4.79 Å². The van der Waals surface area contributed by atoms with Gasteiger partial charge in [-0.05, 0) is 100 Å². The number of hydrogen-bond acceptors (Lipinski definition) is 3. The first-order chi connectivity index (χ1) is 14.8. The summed E-state index contributed by atoms with van der Waals surface area (Å²) >= 11 is 0. The Kier molecular flexibility index (Phi) is 9.87. The van der Waals surface area contributed by atoms with Crippen molar-refractivity contribution in [3.05, 3.63) is 23.3 Å². The molecule has 31 heavy (non-hydrogen) atoms. The van der Waals surface area contributed by atoms with Gasteiger partial charge in [-0.25, -0.2) is 0 Å². The number of aryl methyl sites for hydroxylation is 2. The maximum atomic E-state index is 11.2. The number of anilines is 2. The van der Waals surface area contributed by atoms with Crippen molar-refractivity contribution < 1.29 is 9.53 Å². The van der Waals surface area contributed by atoms with Crippen LogP contribution in [0, 0.1) is 25.2 Å². The Balaban J connectivity index is 2.07. The number of carbonyl (C=O) groups is 1. The minimum absolute atomic E-state index is 0.424. The summed E-state index contributed by atoms with van der Waals surface area (Å²) in [4.78, 5) is 13.6. The van der Waals surface area contributed by atoms with Crippen LogP contribution >= 0.6 is 0 Å². The van der Waals surface area contributed by atoms with Gasteiger partial charge in [-0.2, -0.15) is 0 Å². The van der Waals surface area contributed by atoms with E-state index in [1.807, 2.05) is 0 Å². The zero-order valence-electron chi connectivity index (χ0n) is 21.1. The molecule has 0 aromatic heterocycles. The second kappa shape index (κ2) is 11.9. The molecule has 1 N–H and O–H groups in total. The molecule has 1 aliphatic rings. The summed E-state index contributed by atoms with van der Waals surface area (Å²) in [6.45, 7) is 14.4. The predicted molar refractivity (Wildman–Crippen MR) is 133 cm³/mol. The second-order valence-corrected chi connectivity index (χ2v) is 10.1. The maximum Gasteiger partial charge on any atom is 0.211 e. The normalized spacial score (nSPS) is 23.3. The van der Waals surface area contributed by atoms with Gasteiger partial charge in [0.25, 0.3) is 0 Å². The molecule has 0 bridgehead atoms. The number of hydrogen-bond donors (Lipinski definition) is 1. The van der Waals surface area contributed by atoms with Gasteiger partial charge in [0.1, 0.15) is 0 Å². The van der Waals surface area contributed by atoms with Crippen molar-refractivity contribution in [3.63, 3.8) is 0 Å². The van der Waals surface area contributed by atoms with Crippen molar-refractivity contribution in [1.82, 2.24) is 0 Å². The Hall–Kier alpha value is -1.55. The Morgan fingerprint density at radius 2 is 1.81 bits per heavy atom. The SMILES string of the molecule is CCCC(CCC(C)C1(C)CCC(OCC)CC1)N(C)c1cc(C)c(C)cc1NC=O. The molecule has 2 atom stereocenters. The zero-order chi connectivity index (χ0) is 23.0. The van der Waals surface area contributed by atoms with Crippen LogP contribution in [0.2, 0.25) is 0 Å². The highest BCUT2D eigenvalue weighted by molar-refractivity contribution is 5.82. The van der Waals surface area contributed by atoms with Gasteiger partial charge in [0.05, 0.1) is 17.5 Å². The third kappa shape index (κ3) is 6.71. The van der Waals surface area contributed by atoms with E-state index in [4.69, 9.17) is 4.74 Å². The van der Waals surface area contributed by atoms with Crippen LogP contribution in [0.3, 0.4) is 0 Å². The van der Waals surface area contributed by atoms with Crippen LogP contribution in [-0.2, 0) is 9.53 Å². The highest BCUT2D eigenvalue weighted by Gasteiger charge is 2.36. The van der Waals surface area contributed by atoms with E-state index in [0.29, 0.717) is 23.5 Å². The number of ether oxygens (including phenoxy) is 1. The molecule has 1 aromatic carbocycles. The van der Waals surface area contributed by atoms with Gasteiger partial charge in [0, 0.05) is 19.7 Å². The Morgan fingerprint density at radius 1 is 1.16 bits per heavy atom. The summed E-state index contributed by atoms with van der Waals surface area (Å²) in [5.41, 5.74) is 4.94. The summed E-state index contributed by atoms with van der Waals surface area (Å²) in [6.07, 6.45) is 11.0. The Bertz CT molecular complexity index is 695. The number of rotatable bonds is 12. The van der Waals surface area contributed by atoms with E-state index in [1.165, 1.54) is 56.1 Å². The number of amides is 1. The van der Waals surface area contributed by atoms with Crippen molar-refractivity contribution in [3.8, 4) is 0 Å². The molecule has 176 valence electrons. The highest BCUT2D eigenvalue weighted by atomic mass is 16.5. The molecular weight excluding hydrogens is 384 g/mol. The molecule has 0 saturated heterocycles. The molecule has 1 amide bonds.